The van der Waals surface area contributed by atoms with Gasteiger partial charge in [0.25, 0.3) is 0 Å². The smallest absolute Gasteiger partial charge is 0.233 e. The highest BCUT2D eigenvalue weighted by atomic mass is 32.2. The summed E-state index contributed by atoms with van der Waals surface area (Å²) < 4.78 is 22.7. The van der Waals surface area contributed by atoms with Gasteiger partial charge in [-0.1, -0.05) is 6.58 Å². The molecule has 0 aliphatic rings. The molecule has 0 aromatic rings. The minimum atomic E-state index is -3.40. The first kappa shape index (κ1) is 8.32. The third-order valence-corrected chi connectivity index (χ3v) is 1.60. The number of rotatable bonds is 4. The molecule has 9 heavy (non-hydrogen) atoms. The van der Waals surface area contributed by atoms with E-state index in [1.165, 1.54) is 0 Å². The molecule has 0 aliphatic carbocycles. The highest BCUT2D eigenvalue weighted by Crippen LogP contribution is 1.79. The highest BCUT2D eigenvalue weighted by molar-refractivity contribution is 7.92. The maximum absolute atomic E-state index is 10.4. The van der Waals surface area contributed by atoms with E-state index in [-0.39, 0.29) is 6.54 Å². The van der Waals surface area contributed by atoms with Crippen LogP contribution in [0.25, 0.3) is 0 Å². The van der Waals surface area contributed by atoms with Crippen LogP contribution in [0.5, 0.6) is 0 Å². The molecular weight excluding hydrogens is 142 g/mol. The van der Waals surface area contributed by atoms with Crippen molar-refractivity contribution < 1.29 is 13.2 Å². The third-order valence-electron chi connectivity index (χ3n) is 0.587. The molecule has 1 N–H and O–H groups in total. The van der Waals surface area contributed by atoms with E-state index in [0.29, 0.717) is 6.29 Å². The van der Waals surface area contributed by atoms with E-state index in [1.54, 1.807) is 0 Å². The van der Waals surface area contributed by atoms with E-state index >= 15 is 0 Å². The zero-order valence-electron chi connectivity index (χ0n) is 4.70. The summed E-state index contributed by atoms with van der Waals surface area (Å²) in [6.07, 6.45) is 0.459. The average molecular weight is 149 g/mol. The summed E-state index contributed by atoms with van der Waals surface area (Å²) in [7, 11) is -3.40. The molecule has 0 saturated carbocycles. The summed E-state index contributed by atoms with van der Waals surface area (Å²) in [6.45, 7) is 2.82. The fourth-order valence-corrected chi connectivity index (χ4v) is 0.627. The van der Waals surface area contributed by atoms with E-state index in [9.17, 15) is 13.2 Å². The Hall–Kier alpha value is -0.680. The first-order valence-corrected chi connectivity index (χ1v) is 3.73. The van der Waals surface area contributed by atoms with Crippen LogP contribution in [0.3, 0.4) is 0 Å². The quantitative estimate of drug-likeness (QED) is 0.535. The second-order valence-corrected chi connectivity index (χ2v) is 2.94. The fourth-order valence-electron chi connectivity index (χ4n) is 0.209. The molecule has 0 aromatic heterocycles. The van der Waals surface area contributed by atoms with Crippen molar-refractivity contribution in [1.29, 1.82) is 0 Å². The Balaban J connectivity index is 3.89. The van der Waals surface area contributed by atoms with Gasteiger partial charge in [-0.25, -0.2) is 13.1 Å². The van der Waals surface area contributed by atoms with Gasteiger partial charge >= 0.3 is 0 Å². The molecule has 5 heteroatoms. The van der Waals surface area contributed by atoms with Gasteiger partial charge in [-0.2, -0.15) is 0 Å². The van der Waals surface area contributed by atoms with Crippen LogP contribution in [-0.2, 0) is 14.8 Å². The van der Waals surface area contributed by atoms with Gasteiger partial charge in [-0.05, 0) is 0 Å². The van der Waals surface area contributed by atoms with E-state index in [1.807, 2.05) is 4.72 Å². The average Bonchev–Trinajstić information content (AvgIpc) is 1.84. The Morgan fingerprint density at radius 1 is 1.56 bits per heavy atom. The summed E-state index contributed by atoms with van der Waals surface area (Å²) in [5.41, 5.74) is 0. The predicted molar refractivity (Wildman–Crippen MR) is 33.2 cm³/mol. The molecule has 0 radical (unpaired) electrons. The number of carbonyl (C=O) groups excluding carboxylic acids is 1. The van der Waals surface area contributed by atoms with E-state index in [2.05, 4.69) is 6.58 Å². The van der Waals surface area contributed by atoms with Crippen LogP contribution in [-0.4, -0.2) is 21.2 Å². The maximum Gasteiger partial charge on any atom is 0.233 e. The first-order valence-electron chi connectivity index (χ1n) is 2.18. The normalized spacial score (nSPS) is 10.7. The van der Waals surface area contributed by atoms with Gasteiger partial charge in [-0.15, -0.1) is 0 Å². The van der Waals surface area contributed by atoms with Crippen LogP contribution in [0.15, 0.2) is 12.0 Å². The first-order chi connectivity index (χ1) is 4.12. The number of carbonyl (C=O) groups is 1. The minimum absolute atomic E-state index is 0.200. The second-order valence-electron chi connectivity index (χ2n) is 1.23. The monoisotopic (exact) mass is 149 g/mol. The lowest BCUT2D eigenvalue weighted by Gasteiger charge is -1.92. The molecular formula is C4H7NO3S. The number of sulfonamides is 1. The van der Waals surface area contributed by atoms with Crippen molar-refractivity contribution in [1.82, 2.24) is 4.72 Å². The van der Waals surface area contributed by atoms with Crippen molar-refractivity contribution in [2.75, 3.05) is 6.54 Å². The standard InChI is InChI=1S/C4H7NO3S/c1-2-9(7,8)5-3-4-6/h2,4-5H,1,3H2. The van der Waals surface area contributed by atoms with Crippen LogP contribution in [0.2, 0.25) is 0 Å². The van der Waals surface area contributed by atoms with Crippen LogP contribution < -0.4 is 4.72 Å². The molecule has 0 aliphatic heterocycles. The van der Waals surface area contributed by atoms with Gasteiger partial charge in [0, 0.05) is 5.41 Å². The number of nitrogens with one attached hydrogen (secondary N) is 1. The molecule has 0 amide bonds. The Morgan fingerprint density at radius 3 is 2.44 bits per heavy atom. The van der Waals surface area contributed by atoms with Gasteiger partial charge in [0.15, 0.2) is 0 Å². The van der Waals surface area contributed by atoms with E-state index < -0.39 is 10.0 Å². The Kier molecular flexibility index (Phi) is 3.11. The number of aldehydes is 1. The van der Waals surface area contributed by atoms with Crippen LogP contribution in [0.1, 0.15) is 0 Å². The zero-order chi connectivity index (χ0) is 7.33. The molecule has 0 unspecified atom stereocenters. The highest BCUT2D eigenvalue weighted by Gasteiger charge is 1.99. The SMILES string of the molecule is C=CS(=O)(=O)NCC=O. The second kappa shape index (κ2) is 3.37. The third kappa shape index (κ3) is 3.87. The molecule has 0 aromatic carbocycles. The molecule has 0 heterocycles. The van der Waals surface area contributed by atoms with E-state index in [0.717, 1.165) is 5.41 Å². The summed E-state index contributed by atoms with van der Waals surface area (Å²) in [6, 6.07) is 0. The zero-order valence-corrected chi connectivity index (χ0v) is 5.52. The molecule has 0 rings (SSSR count). The van der Waals surface area contributed by atoms with Crippen molar-refractivity contribution in [2.45, 2.75) is 0 Å². The van der Waals surface area contributed by atoms with Crippen molar-refractivity contribution in [2.24, 2.45) is 0 Å². The van der Waals surface area contributed by atoms with Crippen molar-refractivity contribution in [3.63, 3.8) is 0 Å². The van der Waals surface area contributed by atoms with Crippen molar-refractivity contribution in [3.05, 3.63) is 12.0 Å². The topological polar surface area (TPSA) is 63.2 Å². The number of hydrogen-bond donors (Lipinski definition) is 1. The Labute approximate surface area is 53.6 Å². The number of hydrogen-bond acceptors (Lipinski definition) is 3. The molecule has 0 fully saturated rings. The van der Waals surface area contributed by atoms with Crippen LogP contribution in [0.4, 0.5) is 0 Å². The lowest BCUT2D eigenvalue weighted by molar-refractivity contribution is -0.106. The lowest BCUT2D eigenvalue weighted by atomic mass is 10.8. The molecule has 0 saturated heterocycles. The predicted octanol–water partition coefficient (Wildman–Crippen LogP) is -0.752. The summed E-state index contributed by atoms with van der Waals surface area (Å²) in [5, 5.41) is 0.747. The minimum Gasteiger partial charge on any atom is -0.302 e. The summed E-state index contributed by atoms with van der Waals surface area (Å²) in [4.78, 5) is 9.61. The maximum atomic E-state index is 10.4. The van der Waals surface area contributed by atoms with E-state index in [4.69, 9.17) is 0 Å². The van der Waals surface area contributed by atoms with Crippen LogP contribution in [0, 0.1) is 0 Å². The van der Waals surface area contributed by atoms with Crippen molar-refractivity contribution >= 4 is 16.3 Å². The Morgan fingerprint density at radius 2 is 2.11 bits per heavy atom. The van der Waals surface area contributed by atoms with Crippen LogP contribution >= 0.6 is 0 Å². The largest absolute Gasteiger partial charge is 0.302 e. The van der Waals surface area contributed by atoms with Gasteiger partial charge in [0.2, 0.25) is 10.0 Å². The molecule has 52 valence electrons. The molecule has 0 atom stereocenters. The van der Waals surface area contributed by atoms with Gasteiger partial charge in [0.1, 0.15) is 6.29 Å². The summed E-state index contributed by atoms with van der Waals surface area (Å²) in [5.74, 6) is 0. The molecule has 0 bridgehead atoms. The Bertz CT molecular complexity index is 194. The van der Waals surface area contributed by atoms with Gasteiger partial charge in [0.05, 0.1) is 6.54 Å². The molecule has 4 nitrogen and oxygen atoms in total. The lowest BCUT2D eigenvalue weighted by Crippen LogP contribution is -2.22. The van der Waals surface area contributed by atoms with Gasteiger partial charge < -0.3 is 4.79 Å². The molecule has 0 spiro atoms. The summed E-state index contributed by atoms with van der Waals surface area (Å²) >= 11 is 0. The van der Waals surface area contributed by atoms with Gasteiger partial charge in [-0.3, -0.25) is 0 Å². The van der Waals surface area contributed by atoms with Crippen molar-refractivity contribution in [3.8, 4) is 0 Å². The fraction of sp³-hybridized carbons (Fsp3) is 0.250.